The monoisotopic (exact) mass is 466 g/mol. The van der Waals surface area contributed by atoms with Gasteiger partial charge in [-0.15, -0.1) is 0 Å². The van der Waals surface area contributed by atoms with E-state index in [-0.39, 0.29) is 22.4 Å². The number of nitrogens with zero attached hydrogens (tertiary/aromatic N) is 5. The number of hydrogen-bond acceptors (Lipinski definition) is 7. The summed E-state index contributed by atoms with van der Waals surface area (Å²) >= 11 is 5.98. The summed E-state index contributed by atoms with van der Waals surface area (Å²) in [5.41, 5.74) is 3.40. The fourth-order valence-corrected chi connectivity index (χ4v) is 3.97. The van der Waals surface area contributed by atoms with E-state index in [2.05, 4.69) is 15.4 Å². The molecule has 0 aliphatic carbocycles. The number of carbonyl (C=O) groups excluding carboxylic acids is 1. The molecule has 0 radical (unpaired) electrons. The molecule has 3 heterocycles. The Morgan fingerprint density at radius 3 is 2.61 bits per heavy atom. The predicted octanol–water partition coefficient (Wildman–Crippen LogP) is 3.65. The number of nitrogens with one attached hydrogen (secondary N) is 1. The second kappa shape index (κ2) is 8.67. The van der Waals surface area contributed by atoms with Crippen molar-refractivity contribution in [2.45, 2.75) is 19.9 Å². The Hall–Kier alpha value is -3.72. The summed E-state index contributed by atoms with van der Waals surface area (Å²) in [5.74, 6) is -0.0972. The van der Waals surface area contributed by atoms with Crippen molar-refractivity contribution in [3.8, 4) is 11.5 Å². The van der Waals surface area contributed by atoms with Gasteiger partial charge in [0.15, 0.2) is 11.5 Å². The number of anilines is 1. The van der Waals surface area contributed by atoms with Crippen LogP contribution in [-0.2, 0) is 18.8 Å². The summed E-state index contributed by atoms with van der Waals surface area (Å²) in [7, 11) is 4.78. The topological polar surface area (TPSA) is 104 Å². The van der Waals surface area contributed by atoms with Crippen LogP contribution in [-0.4, -0.2) is 37.4 Å². The van der Waals surface area contributed by atoms with Gasteiger partial charge in [-0.1, -0.05) is 17.7 Å². The number of benzene rings is 1. The molecular formula is C23H23ClN6O3. The molecule has 0 saturated heterocycles. The van der Waals surface area contributed by atoms with E-state index in [1.54, 1.807) is 37.1 Å². The first-order valence-corrected chi connectivity index (χ1v) is 10.6. The zero-order valence-corrected chi connectivity index (χ0v) is 19.6. The number of carbonyl (C=O) groups is 1. The maximum absolute atomic E-state index is 13.2. The van der Waals surface area contributed by atoms with Gasteiger partial charge in [-0.25, -0.2) is 14.8 Å². The lowest BCUT2D eigenvalue weighted by Crippen LogP contribution is -2.22. The molecule has 0 fully saturated rings. The third-order valence-electron chi connectivity index (χ3n) is 5.48. The number of aromatic nitrogens is 5. The summed E-state index contributed by atoms with van der Waals surface area (Å²) in [6.45, 7) is 3.85. The summed E-state index contributed by atoms with van der Waals surface area (Å²) in [6.07, 6.45) is 1.66. The van der Waals surface area contributed by atoms with E-state index < -0.39 is 5.97 Å². The average Bonchev–Trinajstić information content (AvgIpc) is 3.22. The highest BCUT2D eigenvalue weighted by atomic mass is 35.5. The van der Waals surface area contributed by atoms with Crippen LogP contribution in [0.3, 0.4) is 0 Å². The molecule has 4 rings (SSSR count). The summed E-state index contributed by atoms with van der Waals surface area (Å²) < 4.78 is 8.04. The molecule has 4 aromatic rings. The molecule has 1 N–H and O–H groups in total. The van der Waals surface area contributed by atoms with Crippen LogP contribution in [0.1, 0.15) is 34.6 Å². The van der Waals surface area contributed by atoms with Crippen molar-refractivity contribution < 1.29 is 9.53 Å². The van der Waals surface area contributed by atoms with E-state index in [4.69, 9.17) is 21.3 Å². The van der Waals surface area contributed by atoms with E-state index in [1.807, 2.05) is 32.0 Å². The van der Waals surface area contributed by atoms with Gasteiger partial charge in [-0.3, -0.25) is 14.0 Å². The Balaban J connectivity index is 1.88. The van der Waals surface area contributed by atoms with E-state index in [0.717, 1.165) is 16.8 Å². The highest BCUT2D eigenvalue weighted by Crippen LogP contribution is 2.29. The number of esters is 1. The second-order valence-corrected chi connectivity index (χ2v) is 8.16. The zero-order valence-electron chi connectivity index (χ0n) is 18.9. The van der Waals surface area contributed by atoms with Crippen LogP contribution in [0.4, 0.5) is 5.69 Å². The highest BCUT2D eigenvalue weighted by molar-refractivity contribution is 6.29. The Kier molecular flexibility index (Phi) is 5.90. The molecule has 0 aliphatic rings. The minimum atomic E-state index is -0.605. The fraction of sp³-hybridized carbons (Fsp3) is 0.261. The van der Waals surface area contributed by atoms with Gasteiger partial charge in [0.1, 0.15) is 10.8 Å². The molecule has 170 valence electrons. The van der Waals surface area contributed by atoms with Crippen molar-refractivity contribution in [1.29, 1.82) is 0 Å². The van der Waals surface area contributed by atoms with Crippen LogP contribution < -0.4 is 10.9 Å². The van der Waals surface area contributed by atoms with Gasteiger partial charge in [-0.05, 0) is 43.7 Å². The number of aryl methyl sites for hydroxylation is 2. The maximum Gasteiger partial charge on any atom is 0.358 e. The summed E-state index contributed by atoms with van der Waals surface area (Å²) in [6, 6.07) is 8.55. The van der Waals surface area contributed by atoms with Crippen LogP contribution in [0.25, 0.3) is 22.4 Å². The molecule has 9 nitrogen and oxygen atoms in total. The van der Waals surface area contributed by atoms with Gasteiger partial charge in [-0.2, -0.15) is 5.10 Å². The number of ether oxygens (including phenoxy) is 1. The van der Waals surface area contributed by atoms with Crippen molar-refractivity contribution in [2.75, 3.05) is 12.4 Å². The smallest absolute Gasteiger partial charge is 0.358 e. The Labute approximate surface area is 195 Å². The van der Waals surface area contributed by atoms with Crippen molar-refractivity contribution in [1.82, 2.24) is 24.3 Å². The van der Waals surface area contributed by atoms with Gasteiger partial charge in [0.2, 0.25) is 0 Å². The van der Waals surface area contributed by atoms with Crippen molar-refractivity contribution in [3.63, 3.8) is 0 Å². The quantitative estimate of drug-likeness (QED) is 0.353. The molecule has 0 saturated carbocycles. The van der Waals surface area contributed by atoms with E-state index in [0.29, 0.717) is 22.4 Å². The van der Waals surface area contributed by atoms with Crippen molar-refractivity contribution in [2.24, 2.45) is 14.1 Å². The lowest BCUT2D eigenvalue weighted by atomic mass is 10.0. The molecule has 0 bridgehead atoms. The minimum Gasteiger partial charge on any atom is -0.464 e. The van der Waals surface area contributed by atoms with Crippen molar-refractivity contribution >= 4 is 34.2 Å². The first-order valence-electron chi connectivity index (χ1n) is 10.2. The average molecular weight is 467 g/mol. The number of methoxy groups -OCH3 is 1. The second-order valence-electron chi connectivity index (χ2n) is 7.78. The predicted molar refractivity (Wildman–Crippen MR) is 127 cm³/mol. The third-order valence-corrected chi connectivity index (χ3v) is 5.69. The number of hydrogen-bond donors (Lipinski definition) is 1. The van der Waals surface area contributed by atoms with Crippen LogP contribution in [0.2, 0.25) is 5.15 Å². The molecule has 10 heteroatoms. The first kappa shape index (κ1) is 22.5. The summed E-state index contributed by atoms with van der Waals surface area (Å²) in [4.78, 5) is 34.4. The normalized spacial score (nSPS) is 12.1. The molecule has 33 heavy (non-hydrogen) atoms. The Morgan fingerprint density at radius 2 is 1.94 bits per heavy atom. The van der Waals surface area contributed by atoms with Crippen LogP contribution in [0.5, 0.6) is 0 Å². The minimum absolute atomic E-state index is 0.0771. The SMILES string of the molecule is COC(=O)c1nc(Cl)ccc1N[C@H](C)c1cc(C)cc2c(=O)n(C)c(-c3ccnn3C)nc12. The molecule has 3 aromatic heterocycles. The van der Waals surface area contributed by atoms with Gasteiger partial charge < -0.3 is 10.1 Å². The lowest BCUT2D eigenvalue weighted by molar-refractivity contribution is 0.0595. The van der Waals surface area contributed by atoms with Gasteiger partial charge in [0, 0.05) is 25.9 Å². The number of rotatable bonds is 5. The number of fused-ring (bicyclic) bond motifs is 1. The first-order chi connectivity index (χ1) is 15.7. The Morgan fingerprint density at radius 1 is 1.18 bits per heavy atom. The molecule has 0 amide bonds. The van der Waals surface area contributed by atoms with Gasteiger partial charge >= 0.3 is 5.97 Å². The zero-order chi connectivity index (χ0) is 23.9. The molecule has 0 unspecified atom stereocenters. The third kappa shape index (κ3) is 4.07. The van der Waals surface area contributed by atoms with E-state index in [9.17, 15) is 9.59 Å². The van der Waals surface area contributed by atoms with Crippen molar-refractivity contribution in [3.05, 3.63) is 68.9 Å². The summed E-state index contributed by atoms with van der Waals surface area (Å²) in [5, 5.41) is 8.19. The Bertz CT molecular complexity index is 1440. The molecule has 0 aliphatic heterocycles. The van der Waals surface area contributed by atoms with Crippen LogP contribution in [0, 0.1) is 6.92 Å². The number of halogens is 1. The van der Waals surface area contributed by atoms with Crippen LogP contribution >= 0.6 is 11.6 Å². The standard InChI is InChI=1S/C23H23ClN6O3/c1-12-10-14(13(2)26-16-6-7-18(24)27-20(16)23(32)33-5)19-15(11-12)22(31)29(3)21(28-19)17-8-9-25-30(17)4/h6-11,13,26H,1-5H3/t13-/m1/s1. The van der Waals surface area contributed by atoms with Crippen LogP contribution in [0.15, 0.2) is 41.3 Å². The lowest BCUT2D eigenvalue weighted by Gasteiger charge is -2.20. The largest absolute Gasteiger partial charge is 0.464 e. The van der Waals surface area contributed by atoms with Gasteiger partial charge in [0.05, 0.1) is 29.7 Å². The van der Waals surface area contributed by atoms with Gasteiger partial charge in [0.25, 0.3) is 5.56 Å². The molecule has 1 aromatic carbocycles. The molecule has 0 spiro atoms. The molecular weight excluding hydrogens is 444 g/mol. The number of pyridine rings is 1. The molecule has 1 atom stereocenters. The maximum atomic E-state index is 13.2. The fourth-order valence-electron chi connectivity index (χ4n) is 3.82. The highest BCUT2D eigenvalue weighted by Gasteiger charge is 2.21. The van der Waals surface area contributed by atoms with E-state index >= 15 is 0 Å². The van der Waals surface area contributed by atoms with E-state index in [1.165, 1.54) is 11.7 Å².